The molecule has 0 amide bonds. The lowest BCUT2D eigenvalue weighted by Crippen LogP contribution is -2.05. The molecule has 0 aliphatic heterocycles. The van der Waals surface area contributed by atoms with Gasteiger partial charge in [-0.25, -0.2) is 0 Å². The fourth-order valence-electron chi connectivity index (χ4n) is 2.35. The Kier molecular flexibility index (Phi) is 4.57. The Balaban J connectivity index is 2.11. The van der Waals surface area contributed by atoms with Gasteiger partial charge >= 0.3 is 0 Å². The Hall–Kier alpha value is -2.09. The lowest BCUT2D eigenvalue weighted by molar-refractivity contribution is 0.0982. The Morgan fingerprint density at radius 1 is 1.05 bits per heavy atom. The third-order valence-corrected chi connectivity index (χ3v) is 3.53. The summed E-state index contributed by atoms with van der Waals surface area (Å²) in [5.74, 6) is 1.03. The minimum absolute atomic E-state index is 0.192. The Morgan fingerprint density at radius 2 is 1.75 bits per heavy atom. The highest BCUT2D eigenvalue weighted by atomic mass is 16.5. The van der Waals surface area contributed by atoms with E-state index >= 15 is 0 Å². The lowest BCUT2D eigenvalue weighted by atomic mass is 9.97. The molecule has 0 N–H and O–H groups in total. The van der Waals surface area contributed by atoms with E-state index in [1.54, 1.807) is 7.11 Å². The summed E-state index contributed by atoms with van der Waals surface area (Å²) in [7, 11) is 1.65. The summed E-state index contributed by atoms with van der Waals surface area (Å²) in [6.07, 6.45) is 1.32. The summed E-state index contributed by atoms with van der Waals surface area (Å²) in [5.41, 5.74) is 3.98. The number of aryl methyl sites for hydroxylation is 3. The molecule has 0 atom stereocenters. The van der Waals surface area contributed by atoms with Crippen molar-refractivity contribution in [2.45, 2.75) is 26.7 Å². The summed E-state index contributed by atoms with van der Waals surface area (Å²) in [4.78, 5) is 12.3. The molecule has 0 aliphatic carbocycles. The SMILES string of the molecule is COc1cc(C)c(C(=O)CCc2ccccc2)cc1C. The minimum Gasteiger partial charge on any atom is -0.496 e. The summed E-state index contributed by atoms with van der Waals surface area (Å²) >= 11 is 0. The van der Waals surface area contributed by atoms with Crippen LogP contribution in [0.2, 0.25) is 0 Å². The van der Waals surface area contributed by atoms with E-state index in [1.165, 1.54) is 5.56 Å². The van der Waals surface area contributed by atoms with Gasteiger partial charge in [0.25, 0.3) is 0 Å². The fraction of sp³-hybridized carbons (Fsp3) is 0.278. The van der Waals surface area contributed by atoms with Crippen LogP contribution in [0.25, 0.3) is 0 Å². The van der Waals surface area contributed by atoms with Gasteiger partial charge in [-0.2, -0.15) is 0 Å². The molecule has 0 radical (unpaired) electrons. The number of hydrogen-bond donors (Lipinski definition) is 0. The van der Waals surface area contributed by atoms with Gasteiger partial charge in [-0.05, 0) is 49.1 Å². The number of Topliss-reactive ketones (excluding diaryl/α,β-unsaturated/α-hetero) is 1. The number of ketones is 1. The number of rotatable bonds is 5. The number of benzene rings is 2. The zero-order valence-electron chi connectivity index (χ0n) is 12.3. The highest BCUT2D eigenvalue weighted by Gasteiger charge is 2.12. The van der Waals surface area contributed by atoms with Crippen LogP contribution in [0.5, 0.6) is 5.75 Å². The second kappa shape index (κ2) is 6.38. The molecule has 0 fully saturated rings. The third kappa shape index (κ3) is 3.27. The van der Waals surface area contributed by atoms with Crippen molar-refractivity contribution in [2.75, 3.05) is 7.11 Å². The highest BCUT2D eigenvalue weighted by Crippen LogP contribution is 2.23. The van der Waals surface area contributed by atoms with Gasteiger partial charge in [0.2, 0.25) is 0 Å². The van der Waals surface area contributed by atoms with E-state index < -0.39 is 0 Å². The van der Waals surface area contributed by atoms with Crippen molar-refractivity contribution in [3.05, 3.63) is 64.7 Å². The maximum Gasteiger partial charge on any atom is 0.163 e. The minimum atomic E-state index is 0.192. The van der Waals surface area contributed by atoms with Crippen LogP contribution in [0.4, 0.5) is 0 Å². The van der Waals surface area contributed by atoms with Gasteiger partial charge in [0.05, 0.1) is 7.11 Å². The smallest absolute Gasteiger partial charge is 0.163 e. The van der Waals surface area contributed by atoms with E-state index in [0.717, 1.165) is 28.9 Å². The van der Waals surface area contributed by atoms with Gasteiger partial charge in [-0.3, -0.25) is 4.79 Å². The van der Waals surface area contributed by atoms with Gasteiger partial charge in [-0.1, -0.05) is 30.3 Å². The topological polar surface area (TPSA) is 26.3 Å². The van der Waals surface area contributed by atoms with E-state index in [-0.39, 0.29) is 5.78 Å². The number of carbonyl (C=O) groups excluding carboxylic acids is 1. The molecule has 0 aliphatic rings. The van der Waals surface area contributed by atoms with Gasteiger partial charge in [0, 0.05) is 12.0 Å². The van der Waals surface area contributed by atoms with Crippen LogP contribution in [0.15, 0.2) is 42.5 Å². The van der Waals surface area contributed by atoms with E-state index in [2.05, 4.69) is 12.1 Å². The largest absolute Gasteiger partial charge is 0.496 e. The second-order valence-electron chi connectivity index (χ2n) is 5.05. The second-order valence-corrected chi connectivity index (χ2v) is 5.05. The number of hydrogen-bond acceptors (Lipinski definition) is 2. The molecule has 0 unspecified atom stereocenters. The van der Waals surface area contributed by atoms with Crippen molar-refractivity contribution < 1.29 is 9.53 Å². The van der Waals surface area contributed by atoms with E-state index in [9.17, 15) is 4.79 Å². The van der Waals surface area contributed by atoms with E-state index in [1.807, 2.05) is 44.2 Å². The predicted octanol–water partition coefficient (Wildman–Crippen LogP) is 4.13. The van der Waals surface area contributed by atoms with Crippen LogP contribution < -0.4 is 4.74 Å². The molecule has 0 bridgehead atoms. The summed E-state index contributed by atoms with van der Waals surface area (Å²) in [5, 5.41) is 0. The Morgan fingerprint density at radius 3 is 2.40 bits per heavy atom. The standard InChI is InChI=1S/C18H20O2/c1-13-12-18(20-3)14(2)11-16(13)17(19)10-9-15-7-5-4-6-8-15/h4-8,11-12H,9-10H2,1-3H3. The molecule has 2 heteroatoms. The molecule has 0 heterocycles. The molecule has 0 saturated heterocycles. The molecule has 20 heavy (non-hydrogen) atoms. The molecule has 2 aromatic carbocycles. The van der Waals surface area contributed by atoms with Crippen LogP contribution in [-0.2, 0) is 6.42 Å². The summed E-state index contributed by atoms with van der Waals surface area (Å²) in [6.45, 7) is 3.92. The van der Waals surface area contributed by atoms with Crippen LogP contribution in [-0.4, -0.2) is 12.9 Å². The van der Waals surface area contributed by atoms with E-state index in [4.69, 9.17) is 4.74 Å². The van der Waals surface area contributed by atoms with Gasteiger partial charge in [-0.15, -0.1) is 0 Å². The molecule has 0 aromatic heterocycles. The van der Waals surface area contributed by atoms with Crippen LogP contribution in [0, 0.1) is 13.8 Å². The molecule has 0 saturated carbocycles. The van der Waals surface area contributed by atoms with Crippen molar-refractivity contribution in [1.82, 2.24) is 0 Å². The van der Waals surface area contributed by atoms with Gasteiger partial charge in [0.15, 0.2) is 5.78 Å². The zero-order valence-corrected chi connectivity index (χ0v) is 12.3. The Labute approximate surface area is 120 Å². The predicted molar refractivity (Wildman–Crippen MR) is 81.6 cm³/mol. The molecular weight excluding hydrogens is 248 g/mol. The summed E-state index contributed by atoms with van der Waals surface area (Å²) in [6, 6.07) is 14.0. The van der Waals surface area contributed by atoms with Crippen molar-refractivity contribution in [3.8, 4) is 5.75 Å². The lowest BCUT2D eigenvalue weighted by Gasteiger charge is -2.10. The molecule has 104 valence electrons. The molecule has 2 rings (SSSR count). The maximum atomic E-state index is 12.3. The van der Waals surface area contributed by atoms with Crippen LogP contribution in [0.1, 0.15) is 33.5 Å². The van der Waals surface area contributed by atoms with Crippen LogP contribution in [0.3, 0.4) is 0 Å². The highest BCUT2D eigenvalue weighted by molar-refractivity contribution is 5.98. The average molecular weight is 268 g/mol. The maximum absolute atomic E-state index is 12.3. The Bertz CT molecular complexity index is 600. The number of methoxy groups -OCH3 is 1. The average Bonchev–Trinajstić information content (AvgIpc) is 2.47. The van der Waals surface area contributed by atoms with Crippen molar-refractivity contribution in [3.63, 3.8) is 0 Å². The number of carbonyl (C=O) groups is 1. The van der Waals surface area contributed by atoms with Gasteiger partial charge in [0.1, 0.15) is 5.75 Å². The molecule has 2 nitrogen and oxygen atoms in total. The first-order valence-electron chi connectivity index (χ1n) is 6.84. The van der Waals surface area contributed by atoms with Crippen molar-refractivity contribution in [1.29, 1.82) is 0 Å². The molecule has 2 aromatic rings. The zero-order chi connectivity index (χ0) is 14.5. The molecule has 0 spiro atoms. The number of ether oxygens (including phenoxy) is 1. The van der Waals surface area contributed by atoms with Crippen molar-refractivity contribution >= 4 is 5.78 Å². The normalized spacial score (nSPS) is 10.3. The fourth-order valence-corrected chi connectivity index (χ4v) is 2.35. The van der Waals surface area contributed by atoms with E-state index in [0.29, 0.717) is 6.42 Å². The van der Waals surface area contributed by atoms with Crippen LogP contribution >= 0.6 is 0 Å². The van der Waals surface area contributed by atoms with Gasteiger partial charge < -0.3 is 4.74 Å². The molecular formula is C18H20O2. The monoisotopic (exact) mass is 268 g/mol. The first kappa shape index (κ1) is 14.3. The quantitative estimate of drug-likeness (QED) is 0.762. The van der Waals surface area contributed by atoms with Crippen molar-refractivity contribution in [2.24, 2.45) is 0 Å². The first-order chi connectivity index (χ1) is 9.61. The summed E-state index contributed by atoms with van der Waals surface area (Å²) < 4.78 is 5.28. The first-order valence-corrected chi connectivity index (χ1v) is 6.84. The third-order valence-electron chi connectivity index (χ3n) is 3.53.